The maximum Gasteiger partial charge on any atom is 0.231 e. The second kappa shape index (κ2) is 7.83. The molecular weight excluding hydrogens is 408 g/mol. The molecule has 0 saturated carbocycles. The molecule has 2 N–H and O–H groups in total. The summed E-state index contributed by atoms with van der Waals surface area (Å²) >= 11 is 0. The maximum absolute atomic E-state index is 11.4. The zero-order valence-corrected chi connectivity index (χ0v) is 17.6. The molecule has 9 nitrogen and oxygen atoms in total. The van der Waals surface area contributed by atoms with Gasteiger partial charge in [0.1, 0.15) is 17.9 Å². The van der Waals surface area contributed by atoms with E-state index in [9.17, 15) is 4.79 Å². The minimum atomic E-state index is 0.0287. The highest BCUT2D eigenvalue weighted by Crippen LogP contribution is 2.34. The Bertz CT molecular complexity index is 1290. The Morgan fingerprint density at radius 3 is 2.94 bits per heavy atom. The molecule has 0 radical (unpaired) electrons. The monoisotopic (exact) mass is 432 g/mol. The first-order chi connectivity index (χ1) is 15.7. The van der Waals surface area contributed by atoms with Gasteiger partial charge in [-0.25, -0.2) is 9.50 Å². The van der Waals surface area contributed by atoms with Crippen molar-refractivity contribution >= 4 is 28.2 Å². The van der Waals surface area contributed by atoms with Gasteiger partial charge in [-0.15, -0.1) is 5.10 Å². The highest BCUT2D eigenvalue weighted by molar-refractivity contribution is 5.94. The minimum absolute atomic E-state index is 0.0287. The van der Waals surface area contributed by atoms with Gasteiger partial charge in [0.05, 0.1) is 12.2 Å². The molecule has 5 heterocycles. The van der Waals surface area contributed by atoms with Crippen LogP contribution in [-0.4, -0.2) is 59.3 Å². The summed E-state index contributed by atoms with van der Waals surface area (Å²) in [4.78, 5) is 18.3. The van der Waals surface area contributed by atoms with E-state index in [-0.39, 0.29) is 11.9 Å². The summed E-state index contributed by atoms with van der Waals surface area (Å²) in [6, 6.07) is 11.9. The van der Waals surface area contributed by atoms with Crippen LogP contribution in [0, 0.1) is 0 Å². The van der Waals surface area contributed by atoms with Crippen molar-refractivity contribution in [3.05, 3.63) is 42.6 Å². The lowest BCUT2D eigenvalue weighted by Gasteiger charge is -2.29. The highest BCUT2D eigenvalue weighted by atomic mass is 16.5. The number of anilines is 1. The Morgan fingerprint density at radius 1 is 1.19 bits per heavy atom. The van der Waals surface area contributed by atoms with Gasteiger partial charge in [-0.2, -0.15) is 0 Å². The number of amides is 1. The fraction of sp³-hybridized carbons (Fsp3) is 0.348. The molecule has 9 heteroatoms. The van der Waals surface area contributed by atoms with Crippen LogP contribution in [0.4, 0.5) is 5.69 Å². The number of hydrogen-bond acceptors (Lipinski definition) is 7. The number of benzene rings is 1. The van der Waals surface area contributed by atoms with E-state index in [1.807, 2.05) is 18.2 Å². The molecule has 2 aliphatic heterocycles. The molecule has 1 aromatic carbocycles. The highest BCUT2D eigenvalue weighted by Gasteiger charge is 2.22. The summed E-state index contributed by atoms with van der Waals surface area (Å²) in [5.41, 5.74) is 3.50. The SMILES string of the molecule is O=C1CCC(COc2ccc3ncc(-c4cc5c(N6CCNCC6)cccc5o4)n3n2)N1. The van der Waals surface area contributed by atoms with Crippen molar-refractivity contribution in [1.82, 2.24) is 25.2 Å². The van der Waals surface area contributed by atoms with Gasteiger partial charge in [0.25, 0.3) is 0 Å². The molecular formula is C23H24N6O3. The van der Waals surface area contributed by atoms with Crippen LogP contribution in [-0.2, 0) is 4.79 Å². The lowest BCUT2D eigenvalue weighted by Crippen LogP contribution is -2.43. The van der Waals surface area contributed by atoms with E-state index in [2.05, 4.69) is 37.7 Å². The third-order valence-corrected chi connectivity index (χ3v) is 6.10. The fourth-order valence-corrected chi connectivity index (χ4v) is 4.44. The summed E-state index contributed by atoms with van der Waals surface area (Å²) in [5.74, 6) is 1.27. The van der Waals surface area contributed by atoms with Crippen LogP contribution in [0.25, 0.3) is 28.1 Å². The Kier molecular flexibility index (Phi) is 4.68. The zero-order valence-electron chi connectivity index (χ0n) is 17.6. The van der Waals surface area contributed by atoms with Crippen molar-refractivity contribution in [2.24, 2.45) is 0 Å². The van der Waals surface area contributed by atoms with E-state index < -0.39 is 0 Å². The molecule has 0 bridgehead atoms. The second-order valence-electron chi connectivity index (χ2n) is 8.24. The molecule has 0 aliphatic carbocycles. The van der Waals surface area contributed by atoms with Crippen LogP contribution in [0.1, 0.15) is 12.8 Å². The topological polar surface area (TPSA) is 96.9 Å². The summed E-state index contributed by atoms with van der Waals surface area (Å²) in [5, 5.41) is 12.0. The summed E-state index contributed by atoms with van der Waals surface area (Å²) < 4.78 is 13.8. The summed E-state index contributed by atoms with van der Waals surface area (Å²) in [7, 11) is 0. The van der Waals surface area contributed by atoms with E-state index in [1.165, 1.54) is 5.69 Å². The Balaban J connectivity index is 1.32. The van der Waals surface area contributed by atoms with Gasteiger partial charge < -0.3 is 24.7 Å². The van der Waals surface area contributed by atoms with E-state index >= 15 is 0 Å². The number of ether oxygens (including phenoxy) is 1. The van der Waals surface area contributed by atoms with E-state index in [0.717, 1.165) is 49.3 Å². The van der Waals surface area contributed by atoms with Gasteiger partial charge in [-0.05, 0) is 30.7 Å². The van der Waals surface area contributed by atoms with Gasteiger partial charge in [0.2, 0.25) is 11.8 Å². The predicted octanol–water partition coefficient (Wildman–Crippen LogP) is 2.21. The standard InChI is InChI=1S/C23H24N6O3/c30-22-6-4-15(26-22)14-31-23-7-5-21-25-13-18(29(21)27-23)20-12-16-17(2-1-3-19(16)32-20)28-10-8-24-9-11-28/h1-3,5,7,12-13,15,24H,4,6,8-11,14H2,(H,26,30). The summed E-state index contributed by atoms with van der Waals surface area (Å²) in [6.07, 6.45) is 3.10. The predicted molar refractivity (Wildman–Crippen MR) is 120 cm³/mol. The van der Waals surface area contributed by atoms with Crippen LogP contribution in [0.15, 0.2) is 47.0 Å². The van der Waals surface area contributed by atoms with Crippen molar-refractivity contribution in [2.45, 2.75) is 18.9 Å². The number of fused-ring (bicyclic) bond motifs is 2. The minimum Gasteiger partial charge on any atom is -0.474 e. The molecule has 2 fully saturated rings. The lowest BCUT2D eigenvalue weighted by molar-refractivity contribution is -0.119. The van der Waals surface area contributed by atoms with Gasteiger partial charge >= 0.3 is 0 Å². The largest absolute Gasteiger partial charge is 0.474 e. The van der Waals surface area contributed by atoms with Crippen molar-refractivity contribution in [3.8, 4) is 17.3 Å². The molecule has 1 unspecified atom stereocenters. The second-order valence-corrected chi connectivity index (χ2v) is 8.24. The molecule has 1 amide bonds. The van der Waals surface area contributed by atoms with Crippen LogP contribution < -0.4 is 20.3 Å². The molecule has 6 rings (SSSR count). The van der Waals surface area contributed by atoms with E-state index in [0.29, 0.717) is 30.3 Å². The quantitative estimate of drug-likeness (QED) is 0.499. The molecule has 1 atom stereocenters. The molecule has 4 aromatic rings. The van der Waals surface area contributed by atoms with Gasteiger partial charge in [-0.3, -0.25) is 4.79 Å². The Hall–Kier alpha value is -3.59. The van der Waals surface area contributed by atoms with E-state index in [4.69, 9.17) is 9.15 Å². The number of nitrogens with one attached hydrogen (secondary N) is 2. The molecule has 2 saturated heterocycles. The average molecular weight is 432 g/mol. The number of rotatable bonds is 5. The van der Waals surface area contributed by atoms with Crippen LogP contribution in [0.3, 0.4) is 0 Å². The first kappa shape index (κ1) is 19.1. The normalized spacial score (nSPS) is 19.1. The smallest absolute Gasteiger partial charge is 0.231 e. The Labute approximate surface area is 184 Å². The van der Waals surface area contributed by atoms with E-state index in [1.54, 1.807) is 16.8 Å². The van der Waals surface area contributed by atoms with Crippen molar-refractivity contribution < 1.29 is 13.9 Å². The summed E-state index contributed by atoms with van der Waals surface area (Å²) in [6.45, 7) is 4.29. The third kappa shape index (κ3) is 3.44. The first-order valence-corrected chi connectivity index (χ1v) is 11.0. The van der Waals surface area contributed by atoms with Crippen molar-refractivity contribution in [3.63, 3.8) is 0 Å². The number of nitrogens with zero attached hydrogens (tertiary/aromatic N) is 4. The third-order valence-electron chi connectivity index (χ3n) is 6.10. The van der Waals surface area contributed by atoms with Gasteiger partial charge in [0.15, 0.2) is 11.4 Å². The average Bonchev–Trinajstić information content (AvgIpc) is 3.55. The van der Waals surface area contributed by atoms with Crippen LogP contribution >= 0.6 is 0 Å². The maximum atomic E-state index is 11.4. The molecule has 32 heavy (non-hydrogen) atoms. The number of aromatic nitrogens is 3. The van der Waals surface area contributed by atoms with Crippen molar-refractivity contribution in [1.29, 1.82) is 0 Å². The van der Waals surface area contributed by atoms with Crippen LogP contribution in [0.2, 0.25) is 0 Å². The fourth-order valence-electron chi connectivity index (χ4n) is 4.44. The molecule has 0 spiro atoms. The molecule has 164 valence electrons. The molecule has 3 aromatic heterocycles. The molecule has 2 aliphatic rings. The zero-order chi connectivity index (χ0) is 21.5. The van der Waals surface area contributed by atoms with Crippen LogP contribution in [0.5, 0.6) is 5.88 Å². The number of hydrogen-bond donors (Lipinski definition) is 2. The number of piperazine rings is 1. The number of imidazole rings is 1. The number of carbonyl (C=O) groups excluding carboxylic acids is 1. The van der Waals surface area contributed by atoms with Crippen molar-refractivity contribution in [2.75, 3.05) is 37.7 Å². The number of carbonyl (C=O) groups is 1. The van der Waals surface area contributed by atoms with Gasteiger partial charge in [-0.1, -0.05) is 6.07 Å². The lowest BCUT2D eigenvalue weighted by atomic mass is 10.1. The van der Waals surface area contributed by atoms with Gasteiger partial charge in [0, 0.05) is 49.7 Å². The Morgan fingerprint density at radius 2 is 2.09 bits per heavy atom. The first-order valence-electron chi connectivity index (χ1n) is 11.0. The number of furan rings is 1.